The number of ether oxygens (including phenoxy) is 1. The molecule has 0 spiro atoms. The Hall–Kier alpha value is -3.71. The topological polar surface area (TPSA) is 80.6 Å². The van der Waals surface area contributed by atoms with Crippen LogP contribution < -0.4 is 10.6 Å². The molecule has 1 aromatic heterocycles. The summed E-state index contributed by atoms with van der Waals surface area (Å²) in [6.07, 6.45) is 3.29. The minimum Gasteiger partial charge on any atom is -0.457 e. The summed E-state index contributed by atoms with van der Waals surface area (Å²) >= 11 is 0. The van der Waals surface area contributed by atoms with Crippen LogP contribution in [0.4, 0.5) is 4.39 Å². The van der Waals surface area contributed by atoms with Gasteiger partial charge < -0.3 is 19.8 Å². The molecule has 0 saturated carbocycles. The second kappa shape index (κ2) is 10.1. The SMILES string of the molecule is O=C(NCC1CCCO1)/C(=C/c1ccc(-c2ccc(F)cc2)o1)NC(=O)c1ccccc1. The van der Waals surface area contributed by atoms with E-state index >= 15 is 0 Å². The van der Waals surface area contributed by atoms with Crippen LogP contribution in [0.3, 0.4) is 0 Å². The van der Waals surface area contributed by atoms with Crippen LogP contribution in [0.1, 0.15) is 29.0 Å². The van der Waals surface area contributed by atoms with E-state index in [-0.39, 0.29) is 17.6 Å². The highest BCUT2D eigenvalue weighted by Crippen LogP contribution is 2.23. The first-order valence-corrected chi connectivity index (χ1v) is 10.4. The van der Waals surface area contributed by atoms with E-state index in [1.165, 1.54) is 18.2 Å². The summed E-state index contributed by atoms with van der Waals surface area (Å²) in [4.78, 5) is 25.5. The molecular weight excluding hydrogens is 411 g/mol. The highest BCUT2D eigenvalue weighted by atomic mass is 19.1. The maximum atomic E-state index is 13.2. The average Bonchev–Trinajstić information content (AvgIpc) is 3.50. The third-order valence-corrected chi connectivity index (χ3v) is 5.09. The fourth-order valence-corrected chi connectivity index (χ4v) is 3.39. The molecule has 2 heterocycles. The molecule has 6 nitrogen and oxygen atoms in total. The molecule has 1 saturated heterocycles. The van der Waals surface area contributed by atoms with E-state index in [2.05, 4.69) is 10.6 Å². The van der Waals surface area contributed by atoms with Crippen molar-refractivity contribution in [2.24, 2.45) is 0 Å². The van der Waals surface area contributed by atoms with Crippen molar-refractivity contribution in [3.63, 3.8) is 0 Å². The Kier molecular flexibility index (Phi) is 6.77. The summed E-state index contributed by atoms with van der Waals surface area (Å²) < 4.78 is 24.5. The van der Waals surface area contributed by atoms with Gasteiger partial charge in [-0.15, -0.1) is 0 Å². The van der Waals surface area contributed by atoms with Crippen LogP contribution in [-0.4, -0.2) is 31.1 Å². The van der Waals surface area contributed by atoms with Gasteiger partial charge in [0.25, 0.3) is 11.8 Å². The molecule has 2 amide bonds. The van der Waals surface area contributed by atoms with E-state index in [9.17, 15) is 14.0 Å². The number of amides is 2. The van der Waals surface area contributed by atoms with Crippen molar-refractivity contribution in [2.45, 2.75) is 18.9 Å². The third kappa shape index (κ3) is 5.50. The maximum Gasteiger partial charge on any atom is 0.268 e. The Morgan fingerprint density at radius 2 is 1.81 bits per heavy atom. The van der Waals surface area contributed by atoms with Crippen molar-refractivity contribution in [1.29, 1.82) is 0 Å². The number of furan rings is 1. The summed E-state index contributed by atoms with van der Waals surface area (Å²) in [5.41, 5.74) is 1.18. The van der Waals surface area contributed by atoms with Crippen molar-refractivity contribution in [3.05, 3.63) is 89.6 Å². The number of halogens is 1. The molecule has 164 valence electrons. The van der Waals surface area contributed by atoms with Crippen molar-refractivity contribution in [3.8, 4) is 11.3 Å². The largest absolute Gasteiger partial charge is 0.457 e. The molecule has 3 aromatic rings. The summed E-state index contributed by atoms with van der Waals surface area (Å²) in [6.45, 7) is 1.04. The number of nitrogens with one attached hydrogen (secondary N) is 2. The van der Waals surface area contributed by atoms with Crippen LogP contribution in [0.5, 0.6) is 0 Å². The first kappa shape index (κ1) is 21.5. The van der Waals surface area contributed by atoms with Gasteiger partial charge in [-0.2, -0.15) is 0 Å². The van der Waals surface area contributed by atoms with Gasteiger partial charge >= 0.3 is 0 Å². The zero-order valence-corrected chi connectivity index (χ0v) is 17.3. The Bertz CT molecular complexity index is 1100. The smallest absolute Gasteiger partial charge is 0.268 e. The predicted octanol–water partition coefficient (Wildman–Crippen LogP) is 4.15. The number of hydrogen-bond donors (Lipinski definition) is 2. The fourth-order valence-electron chi connectivity index (χ4n) is 3.39. The number of carbonyl (C=O) groups is 2. The summed E-state index contributed by atoms with van der Waals surface area (Å²) in [5.74, 6) is -0.294. The Balaban J connectivity index is 1.54. The van der Waals surface area contributed by atoms with Crippen molar-refractivity contribution in [1.82, 2.24) is 10.6 Å². The van der Waals surface area contributed by atoms with Gasteiger partial charge in [-0.1, -0.05) is 18.2 Å². The van der Waals surface area contributed by atoms with Gasteiger partial charge in [-0.05, 0) is 61.4 Å². The quantitative estimate of drug-likeness (QED) is 0.548. The normalized spacial score (nSPS) is 16.0. The summed E-state index contributed by atoms with van der Waals surface area (Å²) in [6, 6.07) is 17.9. The lowest BCUT2D eigenvalue weighted by atomic mass is 10.2. The maximum absolute atomic E-state index is 13.2. The van der Waals surface area contributed by atoms with Crippen molar-refractivity contribution >= 4 is 17.9 Å². The van der Waals surface area contributed by atoms with Gasteiger partial charge in [0, 0.05) is 30.4 Å². The molecule has 32 heavy (non-hydrogen) atoms. The van der Waals surface area contributed by atoms with E-state index in [0.717, 1.165) is 12.8 Å². The summed E-state index contributed by atoms with van der Waals surface area (Å²) in [5, 5.41) is 5.49. The number of carbonyl (C=O) groups excluding carboxylic acids is 2. The van der Waals surface area contributed by atoms with Crippen LogP contribution in [0.15, 0.2) is 76.8 Å². The Morgan fingerprint density at radius 3 is 2.53 bits per heavy atom. The average molecular weight is 434 g/mol. The molecule has 1 fully saturated rings. The standard InChI is InChI=1S/C25H23FN2O4/c26-19-10-8-17(9-11-19)23-13-12-20(32-23)15-22(25(30)27-16-21-7-4-14-31-21)28-24(29)18-5-2-1-3-6-18/h1-3,5-6,8-13,15,21H,4,7,14,16H2,(H,27,30)(H,28,29)/b22-15-. The van der Waals surface area contributed by atoms with Gasteiger partial charge in [0.2, 0.25) is 0 Å². The lowest BCUT2D eigenvalue weighted by Gasteiger charge is -2.13. The molecule has 1 aliphatic heterocycles. The Labute approximate surface area is 185 Å². The van der Waals surface area contributed by atoms with Gasteiger partial charge in [0.05, 0.1) is 6.10 Å². The molecule has 1 atom stereocenters. The van der Waals surface area contributed by atoms with E-state index in [1.54, 1.807) is 48.5 Å². The minimum absolute atomic E-state index is 0.0290. The van der Waals surface area contributed by atoms with Crippen molar-refractivity contribution in [2.75, 3.05) is 13.2 Å². The van der Waals surface area contributed by atoms with Crippen LogP contribution in [0.25, 0.3) is 17.4 Å². The molecule has 7 heteroatoms. The summed E-state index contributed by atoms with van der Waals surface area (Å²) in [7, 11) is 0. The molecule has 0 radical (unpaired) electrons. The molecule has 0 bridgehead atoms. The molecule has 1 unspecified atom stereocenters. The van der Waals surface area contributed by atoms with Gasteiger partial charge in [-0.3, -0.25) is 9.59 Å². The molecule has 4 rings (SSSR count). The zero-order chi connectivity index (χ0) is 22.3. The molecule has 1 aliphatic rings. The highest BCUT2D eigenvalue weighted by Gasteiger charge is 2.20. The van der Waals surface area contributed by atoms with Gasteiger partial charge in [0.15, 0.2) is 0 Å². The van der Waals surface area contributed by atoms with Crippen LogP contribution in [0, 0.1) is 5.82 Å². The van der Waals surface area contributed by atoms with Crippen molar-refractivity contribution < 1.29 is 23.1 Å². The van der Waals surface area contributed by atoms with E-state index in [1.807, 2.05) is 6.07 Å². The van der Waals surface area contributed by atoms with E-state index < -0.39 is 11.8 Å². The van der Waals surface area contributed by atoms with Gasteiger partial charge in [0.1, 0.15) is 23.0 Å². The second-order valence-corrected chi connectivity index (χ2v) is 7.43. The van der Waals surface area contributed by atoms with E-state index in [4.69, 9.17) is 9.15 Å². The molecular formula is C25H23FN2O4. The van der Waals surface area contributed by atoms with Gasteiger partial charge in [-0.25, -0.2) is 4.39 Å². The highest BCUT2D eigenvalue weighted by molar-refractivity contribution is 6.05. The minimum atomic E-state index is -0.440. The number of benzene rings is 2. The predicted molar refractivity (Wildman–Crippen MR) is 118 cm³/mol. The molecule has 2 aromatic carbocycles. The van der Waals surface area contributed by atoms with Crippen LogP contribution in [-0.2, 0) is 9.53 Å². The fraction of sp³-hybridized carbons (Fsp3) is 0.200. The second-order valence-electron chi connectivity index (χ2n) is 7.43. The van der Waals surface area contributed by atoms with Crippen LogP contribution in [0.2, 0.25) is 0 Å². The molecule has 2 N–H and O–H groups in total. The first-order chi connectivity index (χ1) is 15.6. The lowest BCUT2D eigenvalue weighted by molar-refractivity contribution is -0.118. The monoisotopic (exact) mass is 434 g/mol. The Morgan fingerprint density at radius 1 is 1.03 bits per heavy atom. The zero-order valence-electron chi connectivity index (χ0n) is 17.3. The molecule has 0 aliphatic carbocycles. The number of rotatable bonds is 7. The number of hydrogen-bond acceptors (Lipinski definition) is 4. The first-order valence-electron chi connectivity index (χ1n) is 10.4. The van der Waals surface area contributed by atoms with Crippen LogP contribution >= 0.6 is 0 Å². The lowest BCUT2D eigenvalue weighted by Crippen LogP contribution is -2.38. The van der Waals surface area contributed by atoms with E-state index in [0.29, 0.717) is 35.8 Å². The third-order valence-electron chi connectivity index (χ3n) is 5.09.